The van der Waals surface area contributed by atoms with Crippen LogP contribution in [0.2, 0.25) is 0 Å². The van der Waals surface area contributed by atoms with Gasteiger partial charge in [0.15, 0.2) is 0 Å². The molecular weight excluding hydrogens is 460 g/mol. The van der Waals surface area contributed by atoms with Crippen LogP contribution in [0, 0.1) is 0 Å². The van der Waals surface area contributed by atoms with E-state index in [1.807, 2.05) is 0 Å². The van der Waals surface area contributed by atoms with E-state index in [9.17, 15) is 0 Å². The zero-order valence-electron chi connectivity index (χ0n) is 20.8. The molecule has 0 atom stereocenters. The van der Waals surface area contributed by atoms with E-state index in [0.717, 1.165) is 0 Å². The van der Waals surface area contributed by atoms with Gasteiger partial charge in [0, 0.05) is 28.3 Å². The number of para-hydroxylation sites is 2. The fourth-order valence-electron chi connectivity index (χ4n) is 5.87. The molecule has 0 fully saturated rings. The third-order valence-corrected chi connectivity index (χ3v) is 7.74. The second-order valence-corrected chi connectivity index (χ2v) is 9.91. The second-order valence-electron chi connectivity index (χ2n) is 9.91. The highest BCUT2D eigenvalue weighted by Gasteiger charge is 2.13. The molecular formula is C36H24N2. The highest BCUT2D eigenvalue weighted by molar-refractivity contribution is 6.10. The van der Waals surface area contributed by atoms with E-state index in [-0.39, 0.29) is 0 Å². The first-order valence-corrected chi connectivity index (χ1v) is 13.0. The summed E-state index contributed by atoms with van der Waals surface area (Å²) in [6, 6.07) is 50.4. The van der Waals surface area contributed by atoms with Gasteiger partial charge in [-0.3, -0.25) is 0 Å². The molecule has 6 aromatic carbocycles. The zero-order valence-corrected chi connectivity index (χ0v) is 20.8. The molecule has 8 rings (SSSR count). The van der Waals surface area contributed by atoms with Crippen molar-refractivity contribution in [2.75, 3.05) is 0 Å². The average Bonchev–Trinajstić information content (AvgIpc) is 3.56. The summed E-state index contributed by atoms with van der Waals surface area (Å²) >= 11 is 0. The second kappa shape index (κ2) is 8.22. The normalized spacial score (nSPS) is 11.7. The van der Waals surface area contributed by atoms with Crippen molar-refractivity contribution in [3.8, 4) is 22.5 Å². The van der Waals surface area contributed by atoms with E-state index >= 15 is 0 Å². The lowest BCUT2D eigenvalue weighted by Crippen LogP contribution is -1.94. The maximum Gasteiger partial charge on any atom is 0.0541 e. The Labute approximate surface area is 220 Å². The Kier molecular flexibility index (Phi) is 4.55. The molecule has 8 aromatic rings. The molecule has 0 amide bonds. The van der Waals surface area contributed by atoms with Gasteiger partial charge in [-0.1, -0.05) is 84.9 Å². The van der Waals surface area contributed by atoms with Crippen LogP contribution in [0.5, 0.6) is 0 Å². The Hall–Kier alpha value is -5.08. The Morgan fingerprint density at radius 2 is 1.03 bits per heavy atom. The van der Waals surface area contributed by atoms with Crippen LogP contribution in [0.4, 0.5) is 0 Å². The van der Waals surface area contributed by atoms with Crippen LogP contribution in [0.15, 0.2) is 146 Å². The Bertz CT molecular complexity index is 2120. The quantitative estimate of drug-likeness (QED) is 0.236. The van der Waals surface area contributed by atoms with E-state index in [2.05, 4.69) is 155 Å². The van der Waals surface area contributed by atoms with Crippen LogP contribution >= 0.6 is 0 Å². The highest BCUT2D eigenvalue weighted by Crippen LogP contribution is 2.36. The standard InChI is InChI=1S/C36H24N2/c1-2-9-28-23-31(19-15-25(28)7-1)38-35-12-6-4-10-32(35)33-24-29(16-20-36(33)38)26-13-17-30(18-14-26)37-22-21-27-8-3-5-11-34(27)37/h1-24H. The van der Waals surface area contributed by atoms with Crippen molar-refractivity contribution in [2.24, 2.45) is 0 Å². The molecule has 2 heterocycles. The van der Waals surface area contributed by atoms with Crippen molar-refractivity contribution in [2.45, 2.75) is 0 Å². The fourth-order valence-corrected chi connectivity index (χ4v) is 5.87. The van der Waals surface area contributed by atoms with Crippen molar-refractivity contribution < 1.29 is 0 Å². The molecule has 0 unspecified atom stereocenters. The Balaban J connectivity index is 1.26. The van der Waals surface area contributed by atoms with Crippen molar-refractivity contribution >= 4 is 43.5 Å². The number of fused-ring (bicyclic) bond motifs is 5. The highest BCUT2D eigenvalue weighted by atomic mass is 15.0. The van der Waals surface area contributed by atoms with E-state index in [1.54, 1.807) is 0 Å². The first-order valence-electron chi connectivity index (χ1n) is 13.0. The van der Waals surface area contributed by atoms with E-state index in [4.69, 9.17) is 0 Å². The molecule has 0 aliphatic carbocycles. The van der Waals surface area contributed by atoms with Gasteiger partial charge in [0.1, 0.15) is 0 Å². The third kappa shape index (κ3) is 3.21. The minimum atomic E-state index is 1.17. The third-order valence-electron chi connectivity index (χ3n) is 7.74. The first-order chi connectivity index (χ1) is 18.8. The number of nitrogens with zero attached hydrogens (tertiary/aromatic N) is 2. The van der Waals surface area contributed by atoms with E-state index < -0.39 is 0 Å². The fraction of sp³-hybridized carbons (Fsp3) is 0. The van der Waals surface area contributed by atoms with Gasteiger partial charge in [0.25, 0.3) is 0 Å². The molecule has 2 aromatic heterocycles. The van der Waals surface area contributed by atoms with Gasteiger partial charge >= 0.3 is 0 Å². The molecule has 0 bridgehead atoms. The zero-order chi connectivity index (χ0) is 25.1. The summed E-state index contributed by atoms with van der Waals surface area (Å²) in [5.41, 5.74) is 8.47. The smallest absolute Gasteiger partial charge is 0.0541 e. The van der Waals surface area contributed by atoms with Crippen molar-refractivity contribution in [1.82, 2.24) is 9.13 Å². The Morgan fingerprint density at radius 3 is 1.89 bits per heavy atom. The van der Waals surface area contributed by atoms with Crippen molar-refractivity contribution in [3.63, 3.8) is 0 Å². The van der Waals surface area contributed by atoms with Crippen LogP contribution in [0.1, 0.15) is 0 Å². The summed E-state index contributed by atoms with van der Waals surface area (Å²) in [6.45, 7) is 0. The lowest BCUT2D eigenvalue weighted by Gasteiger charge is -2.10. The average molecular weight is 485 g/mol. The minimum absolute atomic E-state index is 1.17. The molecule has 2 heteroatoms. The molecule has 0 N–H and O–H groups in total. The number of hydrogen-bond acceptors (Lipinski definition) is 0. The van der Waals surface area contributed by atoms with Crippen molar-refractivity contribution in [1.29, 1.82) is 0 Å². The van der Waals surface area contributed by atoms with Gasteiger partial charge < -0.3 is 9.13 Å². The molecule has 0 radical (unpaired) electrons. The van der Waals surface area contributed by atoms with Gasteiger partial charge in [0.2, 0.25) is 0 Å². The Morgan fingerprint density at radius 1 is 0.368 bits per heavy atom. The molecule has 38 heavy (non-hydrogen) atoms. The molecule has 0 spiro atoms. The molecule has 0 aliphatic rings. The maximum absolute atomic E-state index is 2.39. The summed E-state index contributed by atoms with van der Waals surface area (Å²) in [7, 11) is 0. The molecule has 0 saturated carbocycles. The van der Waals surface area contributed by atoms with Crippen LogP contribution in [0.25, 0.3) is 66.0 Å². The predicted molar refractivity (Wildman–Crippen MR) is 161 cm³/mol. The molecule has 0 aliphatic heterocycles. The SMILES string of the molecule is c1ccc2cc(-n3c4ccccc4c4cc(-c5ccc(-n6ccc7ccccc76)cc5)ccc43)ccc2c1. The lowest BCUT2D eigenvalue weighted by molar-refractivity contribution is 1.13. The maximum atomic E-state index is 2.39. The summed E-state index contributed by atoms with van der Waals surface area (Å²) in [5, 5.41) is 6.31. The number of benzene rings is 6. The minimum Gasteiger partial charge on any atom is -0.317 e. The van der Waals surface area contributed by atoms with Gasteiger partial charge in [-0.15, -0.1) is 0 Å². The largest absolute Gasteiger partial charge is 0.317 e. The molecule has 178 valence electrons. The lowest BCUT2D eigenvalue weighted by atomic mass is 10.0. The van der Waals surface area contributed by atoms with E-state index in [1.165, 1.54) is 66.0 Å². The number of hydrogen-bond donors (Lipinski definition) is 0. The topological polar surface area (TPSA) is 9.86 Å². The van der Waals surface area contributed by atoms with Gasteiger partial charge in [-0.05, 0) is 81.9 Å². The molecule has 0 saturated heterocycles. The van der Waals surface area contributed by atoms with Crippen LogP contribution in [-0.4, -0.2) is 9.13 Å². The van der Waals surface area contributed by atoms with Crippen LogP contribution in [0.3, 0.4) is 0 Å². The summed E-state index contributed by atoms with van der Waals surface area (Å²) in [4.78, 5) is 0. The summed E-state index contributed by atoms with van der Waals surface area (Å²) in [6.07, 6.45) is 2.15. The van der Waals surface area contributed by atoms with Crippen LogP contribution in [-0.2, 0) is 0 Å². The predicted octanol–water partition coefficient (Wildman–Crippen LogP) is 9.55. The van der Waals surface area contributed by atoms with Gasteiger partial charge in [-0.2, -0.15) is 0 Å². The summed E-state index contributed by atoms with van der Waals surface area (Å²) < 4.78 is 4.64. The molecule has 2 nitrogen and oxygen atoms in total. The van der Waals surface area contributed by atoms with Gasteiger partial charge in [-0.25, -0.2) is 0 Å². The van der Waals surface area contributed by atoms with Crippen molar-refractivity contribution in [3.05, 3.63) is 146 Å². The number of aromatic nitrogens is 2. The number of rotatable bonds is 3. The monoisotopic (exact) mass is 484 g/mol. The summed E-state index contributed by atoms with van der Waals surface area (Å²) in [5.74, 6) is 0. The van der Waals surface area contributed by atoms with Gasteiger partial charge in [0.05, 0.1) is 16.6 Å². The van der Waals surface area contributed by atoms with E-state index in [0.29, 0.717) is 0 Å². The first kappa shape index (κ1) is 21.0. The van der Waals surface area contributed by atoms with Crippen LogP contribution < -0.4 is 0 Å².